The Labute approximate surface area is 148 Å². The van der Waals surface area contributed by atoms with E-state index in [-0.39, 0.29) is 6.61 Å². The molecule has 2 aromatic carbocycles. The summed E-state index contributed by atoms with van der Waals surface area (Å²) in [6.45, 7) is -0.145. The van der Waals surface area contributed by atoms with Gasteiger partial charge in [-0.25, -0.2) is 0 Å². The SMILES string of the molecule is COc1cccc(OC)c1CC=C(CO)c1c(OC)cccc1OC. The Morgan fingerprint density at radius 3 is 1.64 bits per heavy atom. The second-order valence-corrected chi connectivity index (χ2v) is 5.27. The number of benzene rings is 2. The Morgan fingerprint density at radius 2 is 1.24 bits per heavy atom. The highest BCUT2D eigenvalue weighted by Crippen LogP contribution is 2.36. The first kappa shape index (κ1) is 18.7. The number of aliphatic hydroxyl groups is 1. The van der Waals surface area contributed by atoms with Gasteiger partial charge in [0.05, 0.1) is 40.6 Å². The van der Waals surface area contributed by atoms with Crippen molar-refractivity contribution < 1.29 is 24.1 Å². The summed E-state index contributed by atoms with van der Waals surface area (Å²) in [5.74, 6) is 2.76. The maximum absolute atomic E-state index is 9.91. The number of ether oxygens (including phenoxy) is 4. The molecule has 25 heavy (non-hydrogen) atoms. The molecule has 0 spiro atoms. The predicted molar refractivity (Wildman–Crippen MR) is 97.9 cm³/mol. The normalized spacial score (nSPS) is 11.2. The van der Waals surface area contributed by atoms with Crippen LogP contribution in [0.3, 0.4) is 0 Å². The van der Waals surface area contributed by atoms with Crippen LogP contribution in [0.25, 0.3) is 5.57 Å². The summed E-state index contributed by atoms with van der Waals surface area (Å²) in [5.41, 5.74) is 2.36. The second kappa shape index (κ2) is 8.99. The first-order valence-electron chi connectivity index (χ1n) is 7.91. The van der Waals surface area contributed by atoms with E-state index in [0.29, 0.717) is 23.5 Å². The van der Waals surface area contributed by atoms with Gasteiger partial charge in [0.25, 0.3) is 0 Å². The van der Waals surface area contributed by atoms with E-state index in [1.54, 1.807) is 28.4 Å². The van der Waals surface area contributed by atoms with E-state index in [1.165, 1.54) is 0 Å². The smallest absolute Gasteiger partial charge is 0.130 e. The van der Waals surface area contributed by atoms with Crippen molar-refractivity contribution in [3.05, 3.63) is 53.6 Å². The minimum Gasteiger partial charge on any atom is -0.496 e. The lowest BCUT2D eigenvalue weighted by molar-refractivity contribution is 0.345. The van der Waals surface area contributed by atoms with Crippen LogP contribution in [0, 0.1) is 0 Å². The monoisotopic (exact) mass is 344 g/mol. The predicted octanol–water partition coefficient (Wildman–Crippen LogP) is 3.34. The van der Waals surface area contributed by atoms with Gasteiger partial charge in [0.2, 0.25) is 0 Å². The first-order chi connectivity index (χ1) is 12.2. The van der Waals surface area contributed by atoms with Crippen LogP contribution in [-0.2, 0) is 6.42 Å². The van der Waals surface area contributed by atoms with E-state index in [1.807, 2.05) is 42.5 Å². The van der Waals surface area contributed by atoms with Crippen molar-refractivity contribution in [2.24, 2.45) is 0 Å². The topological polar surface area (TPSA) is 57.2 Å². The molecule has 0 fully saturated rings. The van der Waals surface area contributed by atoms with E-state index in [2.05, 4.69) is 0 Å². The van der Waals surface area contributed by atoms with Crippen molar-refractivity contribution in [1.29, 1.82) is 0 Å². The summed E-state index contributed by atoms with van der Waals surface area (Å²) >= 11 is 0. The van der Waals surface area contributed by atoms with Crippen LogP contribution in [-0.4, -0.2) is 40.2 Å². The molecule has 5 nitrogen and oxygen atoms in total. The fourth-order valence-electron chi connectivity index (χ4n) is 2.77. The summed E-state index contributed by atoms with van der Waals surface area (Å²) in [7, 11) is 6.43. The highest BCUT2D eigenvalue weighted by molar-refractivity contribution is 5.76. The van der Waals surface area contributed by atoms with Crippen LogP contribution < -0.4 is 18.9 Å². The van der Waals surface area contributed by atoms with Gasteiger partial charge < -0.3 is 24.1 Å². The van der Waals surface area contributed by atoms with Crippen LogP contribution in [0.5, 0.6) is 23.0 Å². The molecule has 0 aliphatic carbocycles. The molecule has 0 aromatic heterocycles. The lowest BCUT2D eigenvalue weighted by Gasteiger charge is -2.16. The zero-order valence-electron chi connectivity index (χ0n) is 15.0. The van der Waals surface area contributed by atoms with Crippen molar-refractivity contribution in [2.75, 3.05) is 35.0 Å². The molecule has 1 N–H and O–H groups in total. The molecule has 0 aliphatic rings. The first-order valence-corrected chi connectivity index (χ1v) is 7.91. The molecular formula is C20H24O5. The van der Waals surface area contributed by atoms with E-state index in [9.17, 15) is 5.11 Å². The van der Waals surface area contributed by atoms with E-state index >= 15 is 0 Å². The molecule has 2 rings (SSSR count). The average molecular weight is 344 g/mol. The molecule has 5 heteroatoms. The number of aliphatic hydroxyl groups excluding tert-OH is 1. The third kappa shape index (κ3) is 4.06. The number of methoxy groups -OCH3 is 4. The molecule has 2 aromatic rings. The van der Waals surface area contributed by atoms with Gasteiger partial charge in [0.1, 0.15) is 23.0 Å². The van der Waals surface area contributed by atoms with Crippen LogP contribution in [0.2, 0.25) is 0 Å². The summed E-state index contributed by atoms with van der Waals surface area (Å²) in [6.07, 6.45) is 2.46. The molecular weight excluding hydrogens is 320 g/mol. The van der Waals surface area contributed by atoms with Gasteiger partial charge in [-0.2, -0.15) is 0 Å². The third-order valence-electron chi connectivity index (χ3n) is 4.00. The van der Waals surface area contributed by atoms with Gasteiger partial charge in [-0.3, -0.25) is 0 Å². The van der Waals surface area contributed by atoms with Gasteiger partial charge in [-0.15, -0.1) is 0 Å². The lowest BCUT2D eigenvalue weighted by Crippen LogP contribution is -2.01. The lowest BCUT2D eigenvalue weighted by atomic mass is 10.0. The van der Waals surface area contributed by atoms with Crippen LogP contribution in [0.1, 0.15) is 11.1 Å². The molecule has 0 aliphatic heterocycles. The van der Waals surface area contributed by atoms with Crippen molar-refractivity contribution in [3.8, 4) is 23.0 Å². The molecule has 0 bridgehead atoms. The second-order valence-electron chi connectivity index (χ2n) is 5.27. The van der Waals surface area contributed by atoms with E-state index in [0.717, 1.165) is 22.6 Å². The minimum atomic E-state index is -0.145. The average Bonchev–Trinajstić information content (AvgIpc) is 2.67. The van der Waals surface area contributed by atoms with Gasteiger partial charge in [0, 0.05) is 5.56 Å². The van der Waals surface area contributed by atoms with E-state index in [4.69, 9.17) is 18.9 Å². The van der Waals surface area contributed by atoms with Crippen molar-refractivity contribution >= 4 is 5.57 Å². The number of hydrogen-bond donors (Lipinski definition) is 1. The molecule has 134 valence electrons. The Balaban J connectivity index is 2.47. The highest BCUT2D eigenvalue weighted by atomic mass is 16.5. The zero-order chi connectivity index (χ0) is 18.2. The molecule has 0 heterocycles. The van der Waals surface area contributed by atoms with Crippen molar-refractivity contribution in [2.45, 2.75) is 6.42 Å². The Morgan fingerprint density at radius 1 is 0.800 bits per heavy atom. The quantitative estimate of drug-likeness (QED) is 0.796. The molecule has 0 unspecified atom stereocenters. The largest absolute Gasteiger partial charge is 0.496 e. The fourth-order valence-corrected chi connectivity index (χ4v) is 2.77. The van der Waals surface area contributed by atoms with Crippen molar-refractivity contribution in [3.63, 3.8) is 0 Å². The Kier molecular flexibility index (Phi) is 6.71. The van der Waals surface area contributed by atoms with Crippen LogP contribution in [0.15, 0.2) is 42.5 Å². The summed E-state index contributed by atoms with van der Waals surface area (Å²) in [4.78, 5) is 0. The highest BCUT2D eigenvalue weighted by Gasteiger charge is 2.15. The summed E-state index contributed by atoms with van der Waals surface area (Å²) in [6, 6.07) is 11.2. The zero-order valence-corrected chi connectivity index (χ0v) is 15.0. The standard InChI is InChI=1S/C20H24O5/c1-22-16-7-5-8-17(23-2)15(16)12-11-14(13-21)20-18(24-3)9-6-10-19(20)25-4/h5-11,21H,12-13H2,1-4H3. The maximum Gasteiger partial charge on any atom is 0.130 e. The summed E-state index contributed by atoms with van der Waals surface area (Å²) < 4.78 is 21.7. The Bertz CT molecular complexity index is 692. The van der Waals surface area contributed by atoms with Crippen LogP contribution >= 0.6 is 0 Å². The van der Waals surface area contributed by atoms with Crippen LogP contribution in [0.4, 0.5) is 0 Å². The van der Waals surface area contributed by atoms with Crippen molar-refractivity contribution in [1.82, 2.24) is 0 Å². The molecule has 0 saturated carbocycles. The number of allylic oxidation sites excluding steroid dienone is 1. The van der Waals surface area contributed by atoms with Gasteiger partial charge in [-0.1, -0.05) is 18.2 Å². The fraction of sp³-hybridized carbons (Fsp3) is 0.300. The van der Waals surface area contributed by atoms with Gasteiger partial charge >= 0.3 is 0 Å². The summed E-state index contributed by atoms with van der Waals surface area (Å²) in [5, 5.41) is 9.91. The van der Waals surface area contributed by atoms with Gasteiger partial charge in [0.15, 0.2) is 0 Å². The number of rotatable bonds is 8. The molecule has 0 atom stereocenters. The number of hydrogen-bond acceptors (Lipinski definition) is 5. The third-order valence-corrected chi connectivity index (χ3v) is 4.00. The maximum atomic E-state index is 9.91. The molecule has 0 radical (unpaired) electrons. The van der Waals surface area contributed by atoms with Gasteiger partial charge in [-0.05, 0) is 36.3 Å². The molecule has 0 saturated heterocycles. The Hall–Kier alpha value is -2.66. The minimum absolute atomic E-state index is 0.145. The molecule has 0 amide bonds. The van der Waals surface area contributed by atoms with E-state index < -0.39 is 0 Å².